The Morgan fingerprint density at radius 3 is 2.55 bits per heavy atom. The molecule has 0 aliphatic rings. The molecule has 2 aromatic rings. The van der Waals surface area contributed by atoms with Gasteiger partial charge >= 0.3 is 0 Å². The van der Waals surface area contributed by atoms with Gasteiger partial charge < -0.3 is 0 Å². The molecule has 1 aromatic heterocycles. The second kappa shape index (κ2) is 5.64. The molecule has 7 heteroatoms. The SMILES string of the molecule is CCc1cc(C(NN)c2ccc(F)c(F)c2F)n(C)n1. The number of nitrogens with one attached hydrogen (secondary N) is 1. The van der Waals surface area contributed by atoms with Crippen molar-refractivity contribution in [2.75, 3.05) is 0 Å². The van der Waals surface area contributed by atoms with Gasteiger partial charge in [-0.2, -0.15) is 5.10 Å². The van der Waals surface area contributed by atoms with Crippen LogP contribution in [-0.2, 0) is 13.5 Å². The van der Waals surface area contributed by atoms with E-state index in [9.17, 15) is 13.2 Å². The van der Waals surface area contributed by atoms with E-state index in [-0.39, 0.29) is 5.56 Å². The van der Waals surface area contributed by atoms with Gasteiger partial charge in [0, 0.05) is 12.6 Å². The fourth-order valence-electron chi connectivity index (χ4n) is 2.08. The van der Waals surface area contributed by atoms with Crippen LogP contribution < -0.4 is 11.3 Å². The molecule has 1 atom stereocenters. The number of hydrogen-bond acceptors (Lipinski definition) is 3. The third-order valence-corrected chi connectivity index (χ3v) is 3.17. The molecule has 0 aliphatic heterocycles. The van der Waals surface area contributed by atoms with Gasteiger partial charge in [0.15, 0.2) is 17.5 Å². The smallest absolute Gasteiger partial charge is 0.194 e. The number of benzene rings is 1. The number of halogens is 3. The van der Waals surface area contributed by atoms with Crippen LogP contribution >= 0.6 is 0 Å². The van der Waals surface area contributed by atoms with Gasteiger partial charge in [-0.05, 0) is 18.6 Å². The zero-order valence-electron chi connectivity index (χ0n) is 11.1. The molecule has 2 rings (SSSR count). The number of aryl methyl sites for hydroxylation is 2. The van der Waals surface area contributed by atoms with Crippen LogP contribution in [0.15, 0.2) is 18.2 Å². The Kier molecular flexibility index (Phi) is 4.10. The zero-order valence-corrected chi connectivity index (χ0v) is 11.1. The molecule has 0 saturated heterocycles. The Morgan fingerprint density at radius 2 is 2.00 bits per heavy atom. The lowest BCUT2D eigenvalue weighted by Gasteiger charge is -2.17. The van der Waals surface area contributed by atoms with E-state index in [1.54, 1.807) is 13.1 Å². The predicted molar refractivity (Wildman–Crippen MR) is 68.1 cm³/mol. The van der Waals surface area contributed by atoms with Crippen molar-refractivity contribution in [3.8, 4) is 0 Å². The molecular formula is C13H15F3N4. The summed E-state index contributed by atoms with van der Waals surface area (Å²) in [5, 5.41) is 4.22. The van der Waals surface area contributed by atoms with Crippen LogP contribution in [0.1, 0.15) is 29.9 Å². The molecule has 4 nitrogen and oxygen atoms in total. The maximum absolute atomic E-state index is 13.9. The summed E-state index contributed by atoms with van der Waals surface area (Å²) in [6.07, 6.45) is 0.700. The van der Waals surface area contributed by atoms with Gasteiger partial charge in [-0.3, -0.25) is 10.5 Å². The van der Waals surface area contributed by atoms with Crippen molar-refractivity contribution in [2.24, 2.45) is 12.9 Å². The molecule has 1 aromatic carbocycles. The Balaban J connectivity index is 2.52. The largest absolute Gasteiger partial charge is 0.271 e. The minimum absolute atomic E-state index is 0.0722. The van der Waals surface area contributed by atoms with E-state index in [0.29, 0.717) is 12.1 Å². The topological polar surface area (TPSA) is 55.9 Å². The standard InChI is InChI=1S/C13H15F3N4/c1-3-7-6-10(20(2)19-7)13(18-17)8-4-5-9(14)12(16)11(8)15/h4-6,13,18H,3,17H2,1-2H3. The van der Waals surface area contributed by atoms with Gasteiger partial charge in [0.1, 0.15) is 0 Å². The second-order valence-corrected chi connectivity index (χ2v) is 4.40. The van der Waals surface area contributed by atoms with Gasteiger partial charge in [-0.1, -0.05) is 13.0 Å². The van der Waals surface area contributed by atoms with Crippen molar-refractivity contribution < 1.29 is 13.2 Å². The van der Waals surface area contributed by atoms with E-state index in [1.165, 1.54) is 4.68 Å². The van der Waals surface area contributed by atoms with E-state index in [1.807, 2.05) is 6.92 Å². The molecule has 0 bridgehead atoms. The van der Waals surface area contributed by atoms with Crippen LogP contribution in [0.5, 0.6) is 0 Å². The molecule has 1 heterocycles. The fraction of sp³-hybridized carbons (Fsp3) is 0.308. The summed E-state index contributed by atoms with van der Waals surface area (Å²) in [6, 6.07) is 2.96. The highest BCUT2D eigenvalue weighted by Gasteiger charge is 2.24. The van der Waals surface area contributed by atoms with E-state index in [4.69, 9.17) is 5.84 Å². The maximum atomic E-state index is 13.9. The summed E-state index contributed by atoms with van der Waals surface area (Å²) in [4.78, 5) is 0. The monoisotopic (exact) mass is 284 g/mol. The average Bonchev–Trinajstić information content (AvgIpc) is 2.81. The van der Waals surface area contributed by atoms with Crippen molar-refractivity contribution >= 4 is 0 Å². The molecule has 0 radical (unpaired) electrons. The van der Waals surface area contributed by atoms with Crippen LogP contribution in [0.25, 0.3) is 0 Å². The molecule has 0 amide bonds. The lowest BCUT2D eigenvalue weighted by molar-refractivity contribution is 0.430. The highest BCUT2D eigenvalue weighted by atomic mass is 19.2. The van der Waals surface area contributed by atoms with Crippen molar-refractivity contribution in [1.29, 1.82) is 0 Å². The summed E-state index contributed by atoms with van der Waals surface area (Å²) in [6.45, 7) is 1.93. The minimum atomic E-state index is -1.51. The van der Waals surface area contributed by atoms with E-state index >= 15 is 0 Å². The van der Waals surface area contributed by atoms with E-state index < -0.39 is 23.5 Å². The first-order valence-electron chi connectivity index (χ1n) is 6.11. The van der Waals surface area contributed by atoms with E-state index in [0.717, 1.165) is 17.8 Å². The molecule has 0 aliphatic carbocycles. The van der Waals surface area contributed by atoms with Crippen LogP contribution in [0.2, 0.25) is 0 Å². The van der Waals surface area contributed by atoms with Crippen molar-refractivity contribution in [1.82, 2.24) is 15.2 Å². The molecule has 108 valence electrons. The third-order valence-electron chi connectivity index (χ3n) is 3.17. The maximum Gasteiger partial charge on any atom is 0.194 e. The Bertz CT molecular complexity index is 624. The molecule has 0 fully saturated rings. The fourth-order valence-corrected chi connectivity index (χ4v) is 2.08. The minimum Gasteiger partial charge on any atom is -0.271 e. The van der Waals surface area contributed by atoms with Crippen molar-refractivity contribution in [3.05, 3.63) is 52.6 Å². The number of nitrogens with two attached hydrogens (primary N) is 1. The lowest BCUT2D eigenvalue weighted by atomic mass is 10.0. The molecule has 0 spiro atoms. The highest BCUT2D eigenvalue weighted by Crippen LogP contribution is 2.26. The van der Waals surface area contributed by atoms with Crippen LogP contribution in [0, 0.1) is 17.5 Å². The summed E-state index contributed by atoms with van der Waals surface area (Å²) in [7, 11) is 1.68. The quantitative estimate of drug-likeness (QED) is 0.512. The third kappa shape index (κ3) is 2.41. The van der Waals surface area contributed by atoms with Gasteiger partial charge in [-0.25, -0.2) is 18.6 Å². The number of aromatic nitrogens is 2. The normalized spacial score (nSPS) is 12.7. The summed E-state index contributed by atoms with van der Waals surface area (Å²) < 4.78 is 41.7. The Labute approximate surface area is 114 Å². The average molecular weight is 284 g/mol. The zero-order chi connectivity index (χ0) is 14.9. The number of hydrazine groups is 1. The highest BCUT2D eigenvalue weighted by molar-refractivity contribution is 5.31. The molecule has 20 heavy (non-hydrogen) atoms. The first-order valence-corrected chi connectivity index (χ1v) is 6.11. The van der Waals surface area contributed by atoms with Gasteiger partial charge in [0.05, 0.1) is 17.4 Å². The first kappa shape index (κ1) is 14.5. The summed E-state index contributed by atoms with van der Waals surface area (Å²) >= 11 is 0. The second-order valence-electron chi connectivity index (χ2n) is 4.40. The van der Waals surface area contributed by atoms with Crippen LogP contribution in [-0.4, -0.2) is 9.78 Å². The lowest BCUT2D eigenvalue weighted by Crippen LogP contribution is -2.31. The molecule has 3 N–H and O–H groups in total. The van der Waals surface area contributed by atoms with Gasteiger partial charge in [0.2, 0.25) is 0 Å². The Morgan fingerprint density at radius 1 is 1.30 bits per heavy atom. The molecule has 1 unspecified atom stereocenters. The Hall–Kier alpha value is -1.86. The van der Waals surface area contributed by atoms with Gasteiger partial charge in [-0.15, -0.1) is 0 Å². The molecule has 0 saturated carbocycles. The number of nitrogens with zero attached hydrogens (tertiary/aromatic N) is 2. The summed E-state index contributed by atoms with van der Waals surface area (Å²) in [5.74, 6) is 1.43. The van der Waals surface area contributed by atoms with Gasteiger partial charge in [0.25, 0.3) is 0 Å². The first-order chi connectivity index (χ1) is 9.49. The number of rotatable bonds is 4. The predicted octanol–water partition coefficient (Wildman–Crippen LogP) is 1.95. The van der Waals surface area contributed by atoms with Crippen LogP contribution in [0.4, 0.5) is 13.2 Å². The van der Waals surface area contributed by atoms with E-state index in [2.05, 4.69) is 10.5 Å². The number of hydrogen-bond donors (Lipinski definition) is 2. The van der Waals surface area contributed by atoms with Crippen molar-refractivity contribution in [3.63, 3.8) is 0 Å². The summed E-state index contributed by atoms with van der Waals surface area (Å²) in [5.41, 5.74) is 3.70. The van der Waals surface area contributed by atoms with Crippen molar-refractivity contribution in [2.45, 2.75) is 19.4 Å². The van der Waals surface area contributed by atoms with Crippen LogP contribution in [0.3, 0.4) is 0 Å². The molecular weight excluding hydrogens is 269 g/mol.